The number of esters is 4. The topological polar surface area (TPSA) is 133 Å². The molecule has 0 N–H and O–H groups in total. The van der Waals surface area contributed by atoms with Crippen molar-refractivity contribution in [3.8, 4) is 11.5 Å². The Bertz CT molecular complexity index is 1400. The highest BCUT2D eigenvalue weighted by molar-refractivity contribution is 5.87. The Morgan fingerprint density at radius 3 is 1.58 bits per heavy atom. The maximum Gasteiger partial charge on any atom is 0.333 e. The number of hydrogen-bond acceptors (Lipinski definition) is 11. The molecule has 0 aliphatic carbocycles. The minimum absolute atomic E-state index is 0.0324. The summed E-state index contributed by atoms with van der Waals surface area (Å²) in [6, 6.07) is 15.2. The maximum atomic E-state index is 12.3. The predicted molar refractivity (Wildman–Crippen MR) is 188 cm³/mol. The van der Waals surface area contributed by atoms with E-state index < -0.39 is 41.5 Å². The largest absolute Gasteiger partial charge is 0.490 e. The highest BCUT2D eigenvalue weighted by Crippen LogP contribution is 2.38. The van der Waals surface area contributed by atoms with Crippen LogP contribution in [0.15, 0.2) is 98.1 Å². The molecule has 0 aromatic heterocycles. The number of benzene rings is 2. The van der Waals surface area contributed by atoms with Crippen molar-refractivity contribution in [2.75, 3.05) is 39.6 Å². The molecular formula is C39H48O11. The number of hydrogen-bond donors (Lipinski definition) is 0. The summed E-state index contributed by atoms with van der Waals surface area (Å²) in [4.78, 5) is 46.9. The Hall–Kier alpha value is -5.16. The second kappa shape index (κ2) is 21.0. The summed E-state index contributed by atoms with van der Waals surface area (Å²) in [5, 5.41) is 0. The first-order valence-corrected chi connectivity index (χ1v) is 16.1. The third-order valence-corrected chi connectivity index (χ3v) is 7.45. The van der Waals surface area contributed by atoms with Crippen LogP contribution in [0, 0.1) is 0 Å². The summed E-state index contributed by atoms with van der Waals surface area (Å²) in [6.45, 7) is 21.5. The van der Waals surface area contributed by atoms with Crippen molar-refractivity contribution < 1.29 is 52.3 Å². The zero-order valence-electron chi connectivity index (χ0n) is 29.4. The van der Waals surface area contributed by atoms with Gasteiger partial charge in [0.1, 0.15) is 50.6 Å². The highest BCUT2D eigenvalue weighted by Gasteiger charge is 2.31. The molecule has 0 bridgehead atoms. The van der Waals surface area contributed by atoms with E-state index in [4.69, 9.17) is 33.2 Å². The van der Waals surface area contributed by atoms with Crippen molar-refractivity contribution in [3.63, 3.8) is 0 Å². The lowest BCUT2D eigenvalue weighted by Gasteiger charge is -2.33. The van der Waals surface area contributed by atoms with E-state index in [0.717, 1.165) is 23.3 Å². The Balaban J connectivity index is 2.30. The summed E-state index contributed by atoms with van der Waals surface area (Å²) in [5.74, 6) is -0.907. The summed E-state index contributed by atoms with van der Waals surface area (Å²) in [7, 11) is 0. The van der Waals surface area contributed by atoms with Crippen LogP contribution in [0.4, 0.5) is 0 Å². The molecule has 0 saturated carbocycles. The Kier molecular flexibility index (Phi) is 17.3. The smallest absolute Gasteiger partial charge is 0.333 e. The fraction of sp³-hybridized carbons (Fsp3) is 0.385. The first kappa shape index (κ1) is 41.0. The molecule has 11 nitrogen and oxygen atoms in total. The normalized spacial score (nSPS) is 12.0. The number of carbonyl (C=O) groups is 4. The average molecular weight is 693 g/mol. The summed E-state index contributed by atoms with van der Waals surface area (Å²) >= 11 is 0. The van der Waals surface area contributed by atoms with Crippen LogP contribution in [0.5, 0.6) is 11.5 Å². The first-order chi connectivity index (χ1) is 23.8. The van der Waals surface area contributed by atoms with Crippen molar-refractivity contribution in [2.45, 2.75) is 58.2 Å². The monoisotopic (exact) mass is 692 g/mol. The Labute approximate surface area is 294 Å². The van der Waals surface area contributed by atoms with E-state index in [1.165, 1.54) is 0 Å². The molecule has 270 valence electrons. The van der Waals surface area contributed by atoms with Crippen molar-refractivity contribution >= 4 is 23.9 Å². The van der Waals surface area contributed by atoms with Gasteiger partial charge in [0.05, 0.1) is 12.7 Å². The van der Waals surface area contributed by atoms with E-state index in [-0.39, 0.29) is 50.8 Å². The lowest BCUT2D eigenvalue weighted by atomic mass is 9.72. The van der Waals surface area contributed by atoms with Crippen LogP contribution in [-0.2, 0) is 48.3 Å². The molecule has 0 heterocycles. The molecule has 2 aromatic carbocycles. The molecule has 2 atom stereocenters. The zero-order chi connectivity index (χ0) is 37.1. The van der Waals surface area contributed by atoms with Crippen molar-refractivity contribution in [3.05, 3.63) is 109 Å². The van der Waals surface area contributed by atoms with Gasteiger partial charge < -0.3 is 33.2 Å². The third-order valence-electron chi connectivity index (χ3n) is 7.45. The zero-order valence-corrected chi connectivity index (χ0v) is 29.4. The number of ether oxygens (including phenoxy) is 7. The van der Waals surface area contributed by atoms with Gasteiger partial charge in [-0.25, -0.2) is 19.2 Å². The van der Waals surface area contributed by atoms with E-state index in [0.29, 0.717) is 24.3 Å². The van der Waals surface area contributed by atoms with Gasteiger partial charge in [0.25, 0.3) is 0 Å². The molecule has 2 aromatic rings. The van der Waals surface area contributed by atoms with E-state index in [2.05, 4.69) is 33.2 Å². The lowest BCUT2D eigenvalue weighted by molar-refractivity contribution is -0.150. The average Bonchev–Trinajstić information content (AvgIpc) is 3.11. The van der Waals surface area contributed by atoms with Crippen LogP contribution in [-0.4, -0.2) is 75.7 Å². The molecule has 0 aliphatic rings. The third kappa shape index (κ3) is 14.1. The number of carbonyl (C=O) groups excluding carboxylic acids is 4. The van der Waals surface area contributed by atoms with E-state index >= 15 is 0 Å². The van der Waals surface area contributed by atoms with E-state index in [1.54, 1.807) is 20.8 Å². The standard InChI is InChI=1S/C39H48O11/c1-9-35(40)46-23-21-44-32-15-11-30(12-16-32)39(8,31-13-17-33(18-14-31)45-22-24-47-36(41)10-2)20-19-34(26-49-37(42)27(3)4)48-25-29(7)50-38(43)28(5)6/h9-18,29,34H,1-3,5,19-26H2,4,6-8H3. The van der Waals surface area contributed by atoms with Crippen molar-refractivity contribution in [1.82, 2.24) is 0 Å². The van der Waals surface area contributed by atoms with Gasteiger partial charge in [-0.2, -0.15) is 0 Å². The fourth-order valence-corrected chi connectivity index (χ4v) is 4.56. The quantitative estimate of drug-likeness (QED) is 0.0588. The lowest BCUT2D eigenvalue weighted by Crippen LogP contribution is -2.31. The SMILES string of the molecule is C=CC(=O)OCCOc1ccc(C(C)(CCC(COC(=O)C(=C)C)OCC(C)OC(=O)C(=C)C)c2ccc(OCCOC(=O)C=C)cc2)cc1. The van der Waals surface area contributed by atoms with Gasteiger partial charge in [0.2, 0.25) is 0 Å². The summed E-state index contributed by atoms with van der Waals surface area (Å²) < 4.78 is 38.4. The molecule has 0 saturated heterocycles. The Morgan fingerprint density at radius 2 is 1.16 bits per heavy atom. The van der Waals surface area contributed by atoms with Crippen molar-refractivity contribution in [1.29, 1.82) is 0 Å². The molecule has 0 fully saturated rings. The molecule has 2 rings (SSSR count). The van der Waals surface area contributed by atoms with Crippen LogP contribution < -0.4 is 9.47 Å². The predicted octanol–water partition coefficient (Wildman–Crippen LogP) is 6.00. The molecule has 50 heavy (non-hydrogen) atoms. The minimum atomic E-state index is -0.575. The van der Waals surface area contributed by atoms with Gasteiger partial charge in [0.15, 0.2) is 0 Å². The minimum Gasteiger partial charge on any atom is -0.490 e. The van der Waals surface area contributed by atoms with Crippen LogP contribution >= 0.6 is 0 Å². The summed E-state index contributed by atoms with van der Waals surface area (Å²) in [5.41, 5.74) is 1.90. The number of rotatable bonds is 23. The van der Waals surface area contributed by atoms with Crippen molar-refractivity contribution in [2.24, 2.45) is 0 Å². The second-order valence-electron chi connectivity index (χ2n) is 11.7. The molecule has 0 radical (unpaired) electrons. The van der Waals surface area contributed by atoms with Crippen LogP contribution in [0.1, 0.15) is 51.7 Å². The molecule has 0 amide bonds. The second-order valence-corrected chi connectivity index (χ2v) is 11.7. The highest BCUT2D eigenvalue weighted by atomic mass is 16.6. The fourth-order valence-electron chi connectivity index (χ4n) is 4.56. The van der Waals surface area contributed by atoms with Gasteiger partial charge in [-0.3, -0.25) is 0 Å². The van der Waals surface area contributed by atoms with Crippen LogP contribution in [0.3, 0.4) is 0 Å². The first-order valence-electron chi connectivity index (χ1n) is 16.1. The van der Waals surface area contributed by atoms with Gasteiger partial charge >= 0.3 is 23.9 Å². The van der Waals surface area contributed by atoms with E-state index in [9.17, 15) is 19.2 Å². The van der Waals surface area contributed by atoms with Gasteiger partial charge in [-0.15, -0.1) is 0 Å². The molecule has 0 aliphatic heterocycles. The molecule has 11 heteroatoms. The molecule has 0 spiro atoms. The maximum absolute atomic E-state index is 12.3. The summed E-state index contributed by atoms with van der Waals surface area (Å²) in [6.07, 6.45) is 2.09. The van der Waals surface area contributed by atoms with Gasteiger partial charge in [-0.1, -0.05) is 57.5 Å². The van der Waals surface area contributed by atoms with Crippen LogP contribution in [0.2, 0.25) is 0 Å². The Morgan fingerprint density at radius 1 is 0.700 bits per heavy atom. The molecule has 2 unspecified atom stereocenters. The van der Waals surface area contributed by atoms with E-state index in [1.807, 2.05) is 48.5 Å². The molecular weight excluding hydrogens is 644 g/mol. The van der Waals surface area contributed by atoms with Gasteiger partial charge in [0, 0.05) is 28.7 Å². The van der Waals surface area contributed by atoms with Gasteiger partial charge in [-0.05, 0) is 69.0 Å². The van der Waals surface area contributed by atoms with Crippen LogP contribution in [0.25, 0.3) is 0 Å².